The standard InChI is InChI=1S/C15H19ClN2O2S/c1-21(19,20)13-7-3-6-12-15(13)17-14(8-9-16)18(12)10-11-4-2-5-11/h3,6-7,11H,2,4-5,8-10H2,1H3. The van der Waals surface area contributed by atoms with Crippen LogP contribution in [-0.2, 0) is 22.8 Å². The quantitative estimate of drug-likeness (QED) is 0.794. The van der Waals surface area contributed by atoms with Crippen LogP contribution in [0, 0.1) is 5.92 Å². The monoisotopic (exact) mass is 326 g/mol. The number of imidazole rings is 1. The second-order valence-corrected chi connectivity index (χ2v) is 8.13. The number of hydrogen-bond donors (Lipinski definition) is 0. The summed E-state index contributed by atoms with van der Waals surface area (Å²) in [7, 11) is -3.28. The van der Waals surface area contributed by atoms with Crippen molar-refractivity contribution in [2.24, 2.45) is 5.92 Å². The number of aryl methyl sites for hydroxylation is 1. The molecule has 0 amide bonds. The van der Waals surface area contributed by atoms with E-state index in [1.807, 2.05) is 6.07 Å². The van der Waals surface area contributed by atoms with Crippen LogP contribution in [-0.4, -0.2) is 30.1 Å². The molecule has 1 saturated carbocycles. The lowest BCUT2D eigenvalue weighted by Gasteiger charge is -2.26. The summed E-state index contributed by atoms with van der Waals surface area (Å²) in [6, 6.07) is 5.37. The number of para-hydroxylation sites is 1. The molecule has 21 heavy (non-hydrogen) atoms. The molecular formula is C15H19ClN2O2S. The van der Waals surface area contributed by atoms with Crippen LogP contribution in [0.1, 0.15) is 25.1 Å². The Kier molecular flexibility index (Phi) is 3.97. The Morgan fingerprint density at radius 2 is 2.14 bits per heavy atom. The summed E-state index contributed by atoms with van der Waals surface area (Å²) in [5, 5.41) is 0. The summed E-state index contributed by atoms with van der Waals surface area (Å²) < 4.78 is 26.0. The summed E-state index contributed by atoms with van der Waals surface area (Å²) >= 11 is 5.88. The molecule has 0 unspecified atom stereocenters. The summed E-state index contributed by atoms with van der Waals surface area (Å²) in [6.45, 7) is 0.913. The van der Waals surface area contributed by atoms with Gasteiger partial charge in [0.05, 0.1) is 10.4 Å². The first-order chi connectivity index (χ1) is 10.0. The van der Waals surface area contributed by atoms with Gasteiger partial charge in [-0.3, -0.25) is 0 Å². The fraction of sp³-hybridized carbons (Fsp3) is 0.533. The van der Waals surface area contributed by atoms with Crippen molar-refractivity contribution in [3.63, 3.8) is 0 Å². The van der Waals surface area contributed by atoms with E-state index >= 15 is 0 Å². The van der Waals surface area contributed by atoms with Gasteiger partial charge in [-0.1, -0.05) is 12.5 Å². The molecule has 1 aliphatic rings. The molecule has 1 aromatic heterocycles. The van der Waals surface area contributed by atoms with Gasteiger partial charge in [-0.05, 0) is 30.9 Å². The number of fused-ring (bicyclic) bond motifs is 1. The second kappa shape index (κ2) is 5.61. The fourth-order valence-electron chi connectivity index (χ4n) is 2.88. The molecule has 1 fully saturated rings. The largest absolute Gasteiger partial charge is 0.328 e. The SMILES string of the molecule is CS(=O)(=O)c1cccc2c1nc(CCCl)n2CC1CCC1. The minimum absolute atomic E-state index is 0.309. The highest BCUT2D eigenvalue weighted by atomic mass is 35.5. The van der Waals surface area contributed by atoms with Gasteiger partial charge in [0.2, 0.25) is 0 Å². The second-order valence-electron chi connectivity index (χ2n) is 5.77. The third kappa shape index (κ3) is 2.81. The molecule has 3 rings (SSSR count). The van der Waals surface area contributed by atoms with E-state index in [1.54, 1.807) is 12.1 Å². The number of hydrogen-bond acceptors (Lipinski definition) is 3. The van der Waals surface area contributed by atoms with E-state index < -0.39 is 9.84 Å². The van der Waals surface area contributed by atoms with Gasteiger partial charge >= 0.3 is 0 Å². The van der Waals surface area contributed by atoms with Gasteiger partial charge in [0.25, 0.3) is 0 Å². The first-order valence-electron chi connectivity index (χ1n) is 7.25. The molecule has 6 heteroatoms. The third-order valence-corrected chi connectivity index (χ3v) is 5.52. The van der Waals surface area contributed by atoms with Crippen molar-refractivity contribution in [1.82, 2.24) is 9.55 Å². The summed E-state index contributed by atoms with van der Waals surface area (Å²) in [5.41, 5.74) is 1.49. The highest BCUT2D eigenvalue weighted by Gasteiger charge is 2.23. The molecule has 0 saturated heterocycles. The Morgan fingerprint density at radius 1 is 1.38 bits per heavy atom. The number of halogens is 1. The van der Waals surface area contributed by atoms with E-state index in [4.69, 9.17) is 11.6 Å². The topological polar surface area (TPSA) is 52.0 Å². The lowest BCUT2D eigenvalue weighted by molar-refractivity contribution is 0.277. The summed E-state index contributed by atoms with van der Waals surface area (Å²) in [5.74, 6) is 2.06. The number of aromatic nitrogens is 2. The van der Waals surface area contributed by atoms with Crippen LogP contribution >= 0.6 is 11.6 Å². The average Bonchev–Trinajstić information content (AvgIpc) is 2.70. The molecule has 1 heterocycles. The van der Waals surface area contributed by atoms with Crippen molar-refractivity contribution in [3.8, 4) is 0 Å². The molecule has 2 aromatic rings. The van der Waals surface area contributed by atoms with Gasteiger partial charge in [0.15, 0.2) is 9.84 Å². The first kappa shape index (κ1) is 14.9. The highest BCUT2D eigenvalue weighted by molar-refractivity contribution is 7.91. The van der Waals surface area contributed by atoms with Crippen molar-refractivity contribution in [1.29, 1.82) is 0 Å². The molecule has 0 N–H and O–H groups in total. The van der Waals surface area contributed by atoms with Crippen molar-refractivity contribution < 1.29 is 8.42 Å². The zero-order valence-electron chi connectivity index (χ0n) is 12.0. The molecule has 4 nitrogen and oxygen atoms in total. The maximum absolute atomic E-state index is 11.9. The predicted octanol–water partition coefficient (Wildman–Crippen LogP) is 3.02. The number of benzene rings is 1. The van der Waals surface area contributed by atoms with Crippen LogP contribution in [0.2, 0.25) is 0 Å². The highest BCUT2D eigenvalue weighted by Crippen LogP contribution is 2.31. The Hall–Kier alpha value is -1.07. The number of rotatable bonds is 5. The van der Waals surface area contributed by atoms with Crippen molar-refractivity contribution >= 4 is 32.5 Å². The van der Waals surface area contributed by atoms with E-state index in [1.165, 1.54) is 25.5 Å². The van der Waals surface area contributed by atoms with E-state index in [2.05, 4.69) is 9.55 Å². The molecule has 0 bridgehead atoms. The van der Waals surface area contributed by atoms with E-state index in [9.17, 15) is 8.42 Å². The normalized spacial score (nSPS) is 16.3. The van der Waals surface area contributed by atoms with Crippen LogP contribution in [0.3, 0.4) is 0 Å². The Balaban J connectivity index is 2.16. The van der Waals surface area contributed by atoms with Gasteiger partial charge in [-0.2, -0.15) is 0 Å². The molecule has 1 aromatic carbocycles. The Morgan fingerprint density at radius 3 is 2.71 bits per heavy atom. The zero-order chi connectivity index (χ0) is 15.0. The number of sulfone groups is 1. The van der Waals surface area contributed by atoms with E-state index in [-0.39, 0.29) is 0 Å². The minimum atomic E-state index is -3.28. The maximum Gasteiger partial charge on any atom is 0.177 e. The average molecular weight is 327 g/mol. The maximum atomic E-state index is 11.9. The van der Waals surface area contributed by atoms with Gasteiger partial charge < -0.3 is 4.57 Å². The summed E-state index contributed by atoms with van der Waals surface area (Å²) in [4.78, 5) is 4.89. The van der Waals surface area contributed by atoms with Gasteiger partial charge in [-0.25, -0.2) is 13.4 Å². The van der Waals surface area contributed by atoms with Gasteiger partial charge in [0, 0.05) is 25.1 Å². The van der Waals surface area contributed by atoms with Crippen LogP contribution < -0.4 is 0 Å². The third-order valence-electron chi connectivity index (χ3n) is 4.20. The molecular weight excluding hydrogens is 308 g/mol. The Bertz CT molecular complexity index is 763. The minimum Gasteiger partial charge on any atom is -0.328 e. The van der Waals surface area contributed by atoms with Crippen LogP contribution in [0.15, 0.2) is 23.1 Å². The van der Waals surface area contributed by atoms with E-state index in [0.717, 1.165) is 17.9 Å². The van der Waals surface area contributed by atoms with Crippen LogP contribution in [0.4, 0.5) is 0 Å². The molecule has 0 spiro atoms. The molecule has 0 radical (unpaired) electrons. The lowest BCUT2D eigenvalue weighted by atomic mass is 9.85. The van der Waals surface area contributed by atoms with Crippen LogP contribution in [0.5, 0.6) is 0 Å². The Labute approximate surface area is 130 Å². The molecule has 0 atom stereocenters. The number of alkyl halides is 1. The first-order valence-corrected chi connectivity index (χ1v) is 9.67. The number of nitrogens with zero attached hydrogens (tertiary/aromatic N) is 2. The van der Waals surface area contributed by atoms with E-state index in [0.29, 0.717) is 28.6 Å². The predicted molar refractivity (Wildman–Crippen MR) is 84.6 cm³/mol. The molecule has 1 aliphatic carbocycles. The van der Waals surface area contributed by atoms with Gasteiger partial charge in [-0.15, -0.1) is 11.6 Å². The zero-order valence-corrected chi connectivity index (χ0v) is 13.6. The van der Waals surface area contributed by atoms with Crippen LogP contribution in [0.25, 0.3) is 11.0 Å². The summed E-state index contributed by atoms with van der Waals surface area (Å²) in [6.07, 6.45) is 5.66. The van der Waals surface area contributed by atoms with Crippen molar-refractivity contribution in [2.45, 2.75) is 37.1 Å². The van der Waals surface area contributed by atoms with Gasteiger partial charge in [0.1, 0.15) is 11.3 Å². The smallest absolute Gasteiger partial charge is 0.177 e. The lowest BCUT2D eigenvalue weighted by Crippen LogP contribution is -2.19. The molecule has 0 aliphatic heterocycles. The fourth-order valence-corrected chi connectivity index (χ4v) is 3.88. The van der Waals surface area contributed by atoms with Crippen molar-refractivity contribution in [2.75, 3.05) is 12.1 Å². The van der Waals surface area contributed by atoms with Crippen molar-refractivity contribution in [3.05, 3.63) is 24.0 Å². The molecule has 114 valence electrons.